The molecule has 2 unspecified atom stereocenters. The number of primary amides is 1. The Morgan fingerprint density at radius 3 is 2.57 bits per heavy atom. The average molecular weight is 318 g/mol. The molecule has 0 radical (unpaired) electrons. The number of piperidine rings is 1. The number of carbonyl (C=O) groups excluding carboxylic acids is 3. The van der Waals surface area contributed by atoms with Gasteiger partial charge in [0.15, 0.2) is 0 Å². The molecule has 0 bridgehead atoms. The van der Waals surface area contributed by atoms with Gasteiger partial charge in [0, 0.05) is 18.3 Å². The summed E-state index contributed by atoms with van der Waals surface area (Å²) in [5.74, 6) is -0.989. The van der Waals surface area contributed by atoms with Crippen LogP contribution >= 0.6 is 0 Å². The lowest BCUT2D eigenvalue weighted by atomic mass is 9.93. The number of benzene rings is 1. The molecule has 0 aromatic heterocycles. The molecule has 1 aliphatic rings. The van der Waals surface area contributed by atoms with Crippen molar-refractivity contribution in [3.05, 3.63) is 30.3 Å². The van der Waals surface area contributed by atoms with Crippen molar-refractivity contribution in [1.29, 1.82) is 0 Å². The van der Waals surface area contributed by atoms with E-state index in [1.165, 1.54) is 0 Å². The quantitative estimate of drug-likeness (QED) is 0.767. The van der Waals surface area contributed by atoms with Crippen LogP contribution in [-0.2, 0) is 9.59 Å². The number of nitrogens with one attached hydrogen (secondary N) is 2. The molecule has 4 amide bonds. The van der Waals surface area contributed by atoms with Gasteiger partial charge in [-0.15, -0.1) is 0 Å². The van der Waals surface area contributed by atoms with Gasteiger partial charge < -0.3 is 11.1 Å². The number of anilines is 1. The molecule has 0 spiro atoms. The zero-order chi connectivity index (χ0) is 16.8. The van der Waals surface area contributed by atoms with Crippen molar-refractivity contribution in [2.75, 3.05) is 18.4 Å². The number of likely N-dealkylation sites (tertiary alicyclic amines) is 1. The molecular weight excluding hydrogens is 296 g/mol. The van der Waals surface area contributed by atoms with Gasteiger partial charge in [0.25, 0.3) is 0 Å². The molecule has 2 atom stereocenters. The van der Waals surface area contributed by atoms with Crippen molar-refractivity contribution >= 4 is 23.5 Å². The van der Waals surface area contributed by atoms with Gasteiger partial charge in [-0.2, -0.15) is 0 Å². The van der Waals surface area contributed by atoms with E-state index in [0.29, 0.717) is 12.2 Å². The smallest absolute Gasteiger partial charge is 0.325 e. The maximum absolute atomic E-state index is 12.0. The van der Waals surface area contributed by atoms with Gasteiger partial charge in [-0.1, -0.05) is 18.2 Å². The van der Waals surface area contributed by atoms with Gasteiger partial charge in [-0.05, 0) is 31.9 Å². The van der Waals surface area contributed by atoms with E-state index in [1.807, 2.05) is 17.9 Å². The first kappa shape index (κ1) is 17.0. The van der Waals surface area contributed by atoms with Crippen LogP contribution in [0.15, 0.2) is 30.3 Å². The molecule has 0 saturated carbocycles. The van der Waals surface area contributed by atoms with Crippen LogP contribution in [-0.4, -0.2) is 41.9 Å². The molecule has 2 rings (SSSR count). The number of hydrogen-bond acceptors (Lipinski definition) is 4. The molecule has 7 heteroatoms. The van der Waals surface area contributed by atoms with Crippen LogP contribution in [0.5, 0.6) is 0 Å². The predicted molar refractivity (Wildman–Crippen MR) is 86.6 cm³/mol. The van der Waals surface area contributed by atoms with Crippen molar-refractivity contribution in [3.63, 3.8) is 0 Å². The largest absolute Gasteiger partial charge is 0.369 e. The molecule has 1 fully saturated rings. The highest BCUT2D eigenvalue weighted by atomic mass is 16.2. The lowest BCUT2D eigenvalue weighted by Crippen LogP contribution is -2.50. The van der Waals surface area contributed by atoms with Crippen LogP contribution in [0.25, 0.3) is 0 Å². The second-order valence-electron chi connectivity index (χ2n) is 5.82. The molecule has 4 N–H and O–H groups in total. The van der Waals surface area contributed by atoms with E-state index in [9.17, 15) is 14.4 Å². The lowest BCUT2D eigenvalue weighted by molar-refractivity contribution is -0.127. The van der Waals surface area contributed by atoms with E-state index in [4.69, 9.17) is 5.73 Å². The standard InChI is InChI=1S/C16H22N4O3/c1-11-7-8-12(15(17)22)9-20(11)10-14(21)19-16(23)18-13-5-3-2-4-6-13/h2-6,11-12H,7-10H2,1H3,(H2,17,22)(H2,18,19,21,23). The molecular formula is C16H22N4O3. The first-order valence-electron chi connectivity index (χ1n) is 7.65. The molecule has 23 heavy (non-hydrogen) atoms. The van der Waals surface area contributed by atoms with E-state index in [1.54, 1.807) is 24.3 Å². The maximum atomic E-state index is 12.0. The molecule has 1 aromatic carbocycles. The monoisotopic (exact) mass is 318 g/mol. The number of imide groups is 1. The normalized spacial score (nSPS) is 21.4. The van der Waals surface area contributed by atoms with Crippen LogP contribution in [0.1, 0.15) is 19.8 Å². The van der Waals surface area contributed by atoms with Crippen molar-refractivity contribution in [1.82, 2.24) is 10.2 Å². The lowest BCUT2D eigenvalue weighted by Gasteiger charge is -2.36. The summed E-state index contributed by atoms with van der Waals surface area (Å²) in [7, 11) is 0. The van der Waals surface area contributed by atoms with Gasteiger partial charge in [-0.3, -0.25) is 19.8 Å². The van der Waals surface area contributed by atoms with Gasteiger partial charge in [0.2, 0.25) is 11.8 Å². The minimum Gasteiger partial charge on any atom is -0.369 e. The topological polar surface area (TPSA) is 105 Å². The second kappa shape index (κ2) is 7.73. The fraction of sp³-hybridized carbons (Fsp3) is 0.438. The number of amides is 4. The SMILES string of the molecule is CC1CCC(C(N)=O)CN1CC(=O)NC(=O)Nc1ccccc1. The van der Waals surface area contributed by atoms with E-state index in [2.05, 4.69) is 10.6 Å². The predicted octanol–water partition coefficient (Wildman–Crippen LogP) is 0.920. The molecule has 1 heterocycles. The summed E-state index contributed by atoms with van der Waals surface area (Å²) in [4.78, 5) is 37.0. The van der Waals surface area contributed by atoms with Gasteiger partial charge in [0.1, 0.15) is 0 Å². The Hall–Kier alpha value is -2.41. The summed E-state index contributed by atoms with van der Waals surface area (Å²) in [6.45, 7) is 2.51. The van der Waals surface area contributed by atoms with Crippen LogP contribution in [0.4, 0.5) is 10.5 Å². The number of nitrogens with two attached hydrogens (primary N) is 1. The molecule has 1 aromatic rings. The number of rotatable bonds is 4. The Labute approximate surface area is 135 Å². The minimum atomic E-state index is -0.572. The van der Waals surface area contributed by atoms with Gasteiger partial charge in [0.05, 0.1) is 12.5 Å². The summed E-state index contributed by atoms with van der Waals surface area (Å²) < 4.78 is 0. The summed E-state index contributed by atoms with van der Waals surface area (Å²) in [6, 6.07) is 8.47. The third-order valence-electron chi connectivity index (χ3n) is 4.04. The van der Waals surface area contributed by atoms with Crippen LogP contribution < -0.4 is 16.4 Å². The van der Waals surface area contributed by atoms with Gasteiger partial charge >= 0.3 is 6.03 Å². The Morgan fingerprint density at radius 1 is 1.22 bits per heavy atom. The number of hydrogen-bond donors (Lipinski definition) is 3. The molecule has 0 aliphatic carbocycles. The van der Waals surface area contributed by atoms with Crippen molar-refractivity contribution in [2.45, 2.75) is 25.8 Å². The summed E-state index contributed by atoms with van der Waals surface area (Å²) in [5, 5.41) is 4.88. The fourth-order valence-corrected chi connectivity index (χ4v) is 2.67. The Balaban J connectivity index is 1.83. The molecule has 1 aliphatic heterocycles. The number of nitrogens with zero attached hydrogens (tertiary/aromatic N) is 1. The van der Waals surface area contributed by atoms with E-state index in [0.717, 1.165) is 12.8 Å². The Kier molecular flexibility index (Phi) is 5.70. The minimum absolute atomic E-state index is 0.0627. The van der Waals surface area contributed by atoms with E-state index < -0.39 is 11.9 Å². The highest BCUT2D eigenvalue weighted by molar-refractivity contribution is 6.01. The molecule has 124 valence electrons. The van der Waals surface area contributed by atoms with Crippen molar-refractivity contribution in [3.8, 4) is 0 Å². The third kappa shape index (κ3) is 5.07. The van der Waals surface area contributed by atoms with E-state index >= 15 is 0 Å². The first-order valence-corrected chi connectivity index (χ1v) is 7.65. The highest BCUT2D eigenvalue weighted by Crippen LogP contribution is 2.21. The number of urea groups is 1. The summed E-state index contributed by atoms with van der Waals surface area (Å²) in [5.41, 5.74) is 5.95. The third-order valence-corrected chi connectivity index (χ3v) is 4.04. The number of carbonyl (C=O) groups is 3. The fourth-order valence-electron chi connectivity index (χ4n) is 2.67. The Morgan fingerprint density at radius 2 is 1.91 bits per heavy atom. The molecule has 7 nitrogen and oxygen atoms in total. The summed E-state index contributed by atoms with van der Waals surface area (Å²) >= 11 is 0. The van der Waals surface area contributed by atoms with Crippen LogP contribution in [0.2, 0.25) is 0 Å². The van der Waals surface area contributed by atoms with Crippen molar-refractivity contribution in [2.24, 2.45) is 11.7 Å². The highest BCUT2D eigenvalue weighted by Gasteiger charge is 2.29. The first-order chi connectivity index (χ1) is 11.0. The van der Waals surface area contributed by atoms with Crippen LogP contribution in [0, 0.1) is 5.92 Å². The van der Waals surface area contributed by atoms with Crippen LogP contribution in [0.3, 0.4) is 0 Å². The zero-order valence-electron chi connectivity index (χ0n) is 13.1. The maximum Gasteiger partial charge on any atom is 0.325 e. The number of para-hydroxylation sites is 1. The van der Waals surface area contributed by atoms with Crippen molar-refractivity contribution < 1.29 is 14.4 Å². The van der Waals surface area contributed by atoms with Gasteiger partial charge in [-0.25, -0.2) is 4.79 Å². The average Bonchev–Trinajstić information content (AvgIpc) is 2.50. The zero-order valence-corrected chi connectivity index (χ0v) is 13.1. The summed E-state index contributed by atoms with van der Waals surface area (Å²) in [6.07, 6.45) is 1.54. The Bertz CT molecular complexity index is 576. The van der Waals surface area contributed by atoms with E-state index in [-0.39, 0.29) is 24.4 Å². The second-order valence-corrected chi connectivity index (χ2v) is 5.82. The molecule has 1 saturated heterocycles.